The quantitative estimate of drug-likeness (QED) is 0.677. The molecule has 0 aliphatic heterocycles. The fraction of sp³-hybridized carbons (Fsp3) is 0.500. The molecule has 4 nitrogen and oxygen atoms in total. The predicted octanol–water partition coefficient (Wildman–Crippen LogP) is 1.82. The van der Waals surface area contributed by atoms with Gasteiger partial charge in [-0.3, -0.25) is 0 Å². The molecular formula is C10H12N4. The van der Waals surface area contributed by atoms with Crippen molar-refractivity contribution >= 4 is 0 Å². The van der Waals surface area contributed by atoms with Crippen LogP contribution in [-0.4, -0.2) is 9.55 Å². The van der Waals surface area contributed by atoms with Gasteiger partial charge >= 0.3 is 0 Å². The maximum absolute atomic E-state index is 8.81. The van der Waals surface area contributed by atoms with Gasteiger partial charge in [-0.05, 0) is 6.42 Å². The lowest BCUT2D eigenvalue weighted by atomic mass is 10.2. The molecule has 0 fully saturated rings. The summed E-state index contributed by atoms with van der Waals surface area (Å²) in [6.45, 7) is 2.89. The van der Waals surface area contributed by atoms with Crippen LogP contribution in [0, 0.1) is 22.7 Å². The first-order valence-corrected chi connectivity index (χ1v) is 4.68. The predicted molar refractivity (Wildman–Crippen MR) is 51.2 cm³/mol. The molecule has 0 unspecified atom stereocenters. The van der Waals surface area contributed by atoms with Gasteiger partial charge in [-0.25, -0.2) is 4.98 Å². The number of nitrogens with zero attached hydrogens (tertiary/aromatic N) is 4. The smallest absolute Gasteiger partial charge is 0.176 e. The molecule has 0 saturated carbocycles. The third kappa shape index (κ3) is 2.11. The van der Waals surface area contributed by atoms with E-state index in [1.165, 1.54) is 0 Å². The lowest BCUT2D eigenvalue weighted by Gasteiger charge is -2.01. The monoisotopic (exact) mass is 188 g/mol. The van der Waals surface area contributed by atoms with Crippen molar-refractivity contribution in [3.05, 3.63) is 17.7 Å². The molecule has 14 heavy (non-hydrogen) atoms. The summed E-state index contributed by atoms with van der Waals surface area (Å²) in [5.41, 5.74) is 0.604. The van der Waals surface area contributed by atoms with Gasteiger partial charge < -0.3 is 4.57 Å². The third-order valence-electron chi connectivity index (χ3n) is 2.05. The van der Waals surface area contributed by atoms with E-state index < -0.39 is 0 Å². The lowest BCUT2D eigenvalue weighted by molar-refractivity contribution is 0.598. The van der Waals surface area contributed by atoms with E-state index in [1.54, 1.807) is 10.9 Å². The minimum Gasteiger partial charge on any atom is -0.321 e. The standard InChI is InChI=1S/C10H12N4/c1-2-3-4-5-14-8-13-9(6-11)10(14)7-12/h8H,2-5H2,1H3. The maximum Gasteiger partial charge on any atom is 0.176 e. The first-order valence-electron chi connectivity index (χ1n) is 4.68. The molecule has 0 bridgehead atoms. The third-order valence-corrected chi connectivity index (χ3v) is 2.05. The van der Waals surface area contributed by atoms with Crippen molar-refractivity contribution in [2.75, 3.05) is 0 Å². The van der Waals surface area contributed by atoms with Crippen LogP contribution in [0.4, 0.5) is 0 Å². The minimum atomic E-state index is 0.226. The first kappa shape index (κ1) is 10.3. The van der Waals surface area contributed by atoms with Gasteiger partial charge in [0.15, 0.2) is 11.4 Å². The van der Waals surface area contributed by atoms with Crippen LogP contribution in [0.1, 0.15) is 37.6 Å². The van der Waals surface area contributed by atoms with Crippen molar-refractivity contribution in [1.29, 1.82) is 10.5 Å². The zero-order chi connectivity index (χ0) is 10.4. The average Bonchev–Trinajstić information content (AvgIpc) is 2.60. The van der Waals surface area contributed by atoms with E-state index >= 15 is 0 Å². The normalized spacial score (nSPS) is 9.36. The van der Waals surface area contributed by atoms with Crippen molar-refractivity contribution in [3.8, 4) is 12.1 Å². The number of rotatable bonds is 4. The van der Waals surface area contributed by atoms with Gasteiger partial charge in [-0.15, -0.1) is 0 Å². The molecule has 0 aliphatic rings. The molecule has 1 aromatic rings. The van der Waals surface area contributed by atoms with Gasteiger partial charge in [0.25, 0.3) is 0 Å². The SMILES string of the molecule is CCCCCn1cnc(C#N)c1C#N. The van der Waals surface area contributed by atoms with Crippen LogP contribution in [0.25, 0.3) is 0 Å². The van der Waals surface area contributed by atoms with Crippen molar-refractivity contribution in [2.24, 2.45) is 0 Å². The summed E-state index contributed by atoms with van der Waals surface area (Å²) in [4.78, 5) is 3.86. The Kier molecular flexibility index (Phi) is 3.69. The highest BCUT2D eigenvalue weighted by Crippen LogP contribution is 2.07. The Morgan fingerprint density at radius 3 is 2.71 bits per heavy atom. The molecule has 1 rings (SSSR count). The van der Waals surface area contributed by atoms with Crippen molar-refractivity contribution in [2.45, 2.75) is 32.7 Å². The molecule has 4 heteroatoms. The van der Waals surface area contributed by atoms with E-state index in [2.05, 4.69) is 11.9 Å². The second-order valence-electron chi connectivity index (χ2n) is 3.07. The highest BCUT2D eigenvalue weighted by Gasteiger charge is 2.08. The minimum absolute atomic E-state index is 0.226. The van der Waals surface area contributed by atoms with Gasteiger partial charge in [-0.1, -0.05) is 19.8 Å². The number of unbranched alkanes of at least 4 members (excludes halogenated alkanes) is 2. The van der Waals surface area contributed by atoms with Gasteiger partial charge in [0.05, 0.1) is 6.33 Å². The van der Waals surface area contributed by atoms with Crippen LogP contribution in [0.15, 0.2) is 6.33 Å². The second-order valence-corrected chi connectivity index (χ2v) is 3.07. The lowest BCUT2D eigenvalue weighted by Crippen LogP contribution is -1.99. The number of hydrogen-bond acceptors (Lipinski definition) is 3. The molecule has 0 radical (unpaired) electrons. The van der Waals surface area contributed by atoms with Gasteiger partial charge in [0.1, 0.15) is 12.1 Å². The Balaban J connectivity index is 2.74. The molecule has 1 heterocycles. The summed E-state index contributed by atoms with van der Waals surface area (Å²) in [6.07, 6.45) is 4.85. The molecule has 72 valence electrons. The number of aryl methyl sites for hydroxylation is 1. The van der Waals surface area contributed by atoms with E-state index in [4.69, 9.17) is 10.5 Å². The van der Waals surface area contributed by atoms with E-state index in [0.717, 1.165) is 25.8 Å². The zero-order valence-electron chi connectivity index (χ0n) is 8.19. The fourth-order valence-electron chi connectivity index (χ4n) is 1.28. The van der Waals surface area contributed by atoms with Gasteiger partial charge in [0, 0.05) is 6.54 Å². The molecule has 0 N–H and O–H groups in total. The van der Waals surface area contributed by atoms with Gasteiger partial charge in [-0.2, -0.15) is 10.5 Å². The largest absolute Gasteiger partial charge is 0.321 e. The van der Waals surface area contributed by atoms with Crippen LogP contribution in [0.5, 0.6) is 0 Å². The Morgan fingerprint density at radius 1 is 1.36 bits per heavy atom. The summed E-state index contributed by atoms with van der Waals surface area (Å²) in [6, 6.07) is 3.90. The number of aromatic nitrogens is 2. The van der Waals surface area contributed by atoms with Crippen LogP contribution < -0.4 is 0 Å². The second kappa shape index (κ2) is 5.04. The summed E-state index contributed by atoms with van der Waals surface area (Å²) >= 11 is 0. The van der Waals surface area contributed by atoms with Crippen molar-refractivity contribution in [1.82, 2.24) is 9.55 Å². The van der Waals surface area contributed by atoms with Crippen LogP contribution >= 0.6 is 0 Å². The molecular weight excluding hydrogens is 176 g/mol. The molecule has 0 aromatic carbocycles. The van der Waals surface area contributed by atoms with E-state index in [-0.39, 0.29) is 5.69 Å². The zero-order valence-corrected chi connectivity index (χ0v) is 8.19. The maximum atomic E-state index is 8.81. The topological polar surface area (TPSA) is 65.4 Å². The van der Waals surface area contributed by atoms with E-state index in [1.807, 2.05) is 12.1 Å². The molecule has 0 atom stereocenters. The summed E-state index contributed by atoms with van der Waals surface area (Å²) in [5.74, 6) is 0. The summed E-state index contributed by atoms with van der Waals surface area (Å²) < 4.78 is 1.74. The highest BCUT2D eigenvalue weighted by molar-refractivity contribution is 5.35. The van der Waals surface area contributed by atoms with Crippen LogP contribution in [-0.2, 0) is 6.54 Å². The van der Waals surface area contributed by atoms with Gasteiger partial charge in [0.2, 0.25) is 0 Å². The van der Waals surface area contributed by atoms with Crippen molar-refractivity contribution in [3.63, 3.8) is 0 Å². The Hall–Kier alpha value is -1.81. The van der Waals surface area contributed by atoms with Crippen LogP contribution in [0.3, 0.4) is 0 Å². The molecule has 0 amide bonds. The van der Waals surface area contributed by atoms with E-state index in [9.17, 15) is 0 Å². The van der Waals surface area contributed by atoms with Crippen molar-refractivity contribution < 1.29 is 0 Å². The first-order chi connectivity index (χ1) is 6.83. The number of nitriles is 2. The Labute approximate surface area is 83.4 Å². The average molecular weight is 188 g/mol. The molecule has 0 saturated heterocycles. The number of imidazole rings is 1. The molecule has 0 aliphatic carbocycles. The molecule has 0 spiro atoms. The van der Waals surface area contributed by atoms with E-state index in [0.29, 0.717) is 5.69 Å². The number of hydrogen-bond donors (Lipinski definition) is 0. The fourth-order valence-corrected chi connectivity index (χ4v) is 1.28. The van der Waals surface area contributed by atoms with Crippen LogP contribution in [0.2, 0.25) is 0 Å². The highest BCUT2D eigenvalue weighted by atomic mass is 15.1. The Bertz CT molecular complexity index is 378. The molecule has 1 aromatic heterocycles. The summed E-state index contributed by atoms with van der Waals surface area (Å²) in [7, 11) is 0. The Morgan fingerprint density at radius 2 is 2.14 bits per heavy atom. The summed E-state index contributed by atoms with van der Waals surface area (Å²) in [5, 5.41) is 17.5.